The van der Waals surface area contributed by atoms with E-state index in [0.717, 1.165) is 5.69 Å². The third-order valence-corrected chi connectivity index (χ3v) is 2.53. The molecule has 0 aliphatic carbocycles. The summed E-state index contributed by atoms with van der Waals surface area (Å²) >= 11 is 0. The van der Waals surface area contributed by atoms with E-state index in [9.17, 15) is 4.79 Å². The van der Waals surface area contributed by atoms with Crippen molar-refractivity contribution in [2.24, 2.45) is 0 Å². The van der Waals surface area contributed by atoms with E-state index in [1.165, 1.54) is 18.0 Å². The second-order valence-electron chi connectivity index (χ2n) is 4.14. The minimum absolute atomic E-state index is 0.219. The first kappa shape index (κ1) is 11.4. The van der Waals surface area contributed by atoms with Crippen molar-refractivity contribution in [2.45, 2.75) is 19.8 Å². The van der Waals surface area contributed by atoms with Gasteiger partial charge in [-0.1, -0.05) is 31.1 Å². The van der Waals surface area contributed by atoms with E-state index in [1.807, 2.05) is 24.3 Å². The molecular formula is C13H14N2O2. The molecule has 17 heavy (non-hydrogen) atoms. The molecule has 0 saturated carbocycles. The molecule has 0 fully saturated rings. The third-order valence-electron chi connectivity index (χ3n) is 2.53. The van der Waals surface area contributed by atoms with Gasteiger partial charge in [0.05, 0.1) is 11.8 Å². The molecule has 4 nitrogen and oxygen atoms in total. The van der Waals surface area contributed by atoms with E-state index in [1.54, 1.807) is 0 Å². The van der Waals surface area contributed by atoms with Crippen LogP contribution in [0.3, 0.4) is 0 Å². The van der Waals surface area contributed by atoms with E-state index in [-0.39, 0.29) is 5.91 Å². The van der Waals surface area contributed by atoms with E-state index in [4.69, 9.17) is 0 Å². The quantitative estimate of drug-likeness (QED) is 0.881. The SMILES string of the molecule is CC(C)c1ccc(NC(=O)c2cnoc2)cc1. The van der Waals surface area contributed by atoms with Gasteiger partial charge in [0.25, 0.3) is 5.91 Å². The summed E-state index contributed by atoms with van der Waals surface area (Å²) in [6, 6.07) is 7.79. The molecule has 0 unspecified atom stereocenters. The molecule has 4 heteroatoms. The number of aromatic nitrogens is 1. The molecule has 0 spiro atoms. The van der Waals surface area contributed by atoms with Gasteiger partial charge in [-0.3, -0.25) is 4.79 Å². The van der Waals surface area contributed by atoms with Crippen LogP contribution in [0.2, 0.25) is 0 Å². The Bertz CT molecular complexity index is 487. The van der Waals surface area contributed by atoms with Crippen LogP contribution in [0.1, 0.15) is 35.7 Å². The van der Waals surface area contributed by atoms with Crippen LogP contribution in [0.5, 0.6) is 0 Å². The maximum Gasteiger partial charge on any atom is 0.260 e. The van der Waals surface area contributed by atoms with Crippen LogP contribution in [0.4, 0.5) is 5.69 Å². The van der Waals surface area contributed by atoms with Gasteiger partial charge >= 0.3 is 0 Å². The van der Waals surface area contributed by atoms with Gasteiger partial charge < -0.3 is 9.84 Å². The molecule has 0 bridgehead atoms. The summed E-state index contributed by atoms with van der Waals surface area (Å²) in [6.45, 7) is 4.26. The minimum atomic E-state index is -0.219. The van der Waals surface area contributed by atoms with Crippen LogP contribution in [-0.4, -0.2) is 11.1 Å². The van der Waals surface area contributed by atoms with Gasteiger partial charge in [-0.2, -0.15) is 0 Å². The molecule has 2 aromatic rings. The van der Waals surface area contributed by atoms with Crippen molar-refractivity contribution in [3.8, 4) is 0 Å². The first-order valence-corrected chi connectivity index (χ1v) is 5.47. The lowest BCUT2D eigenvalue weighted by molar-refractivity contribution is 0.102. The molecule has 2 rings (SSSR count). The Labute approximate surface area is 99.6 Å². The Kier molecular flexibility index (Phi) is 3.23. The van der Waals surface area contributed by atoms with Gasteiger partial charge in [-0.05, 0) is 23.6 Å². The Morgan fingerprint density at radius 3 is 2.53 bits per heavy atom. The molecule has 0 saturated heterocycles. The van der Waals surface area contributed by atoms with Gasteiger partial charge in [0.1, 0.15) is 6.26 Å². The fourth-order valence-electron chi connectivity index (χ4n) is 1.47. The molecule has 1 aromatic carbocycles. The molecule has 1 N–H and O–H groups in total. The van der Waals surface area contributed by atoms with Crippen LogP contribution in [-0.2, 0) is 0 Å². The highest BCUT2D eigenvalue weighted by Crippen LogP contribution is 2.17. The van der Waals surface area contributed by atoms with Crippen LogP contribution >= 0.6 is 0 Å². The van der Waals surface area contributed by atoms with Crippen molar-refractivity contribution < 1.29 is 9.32 Å². The minimum Gasteiger partial charge on any atom is -0.364 e. The third kappa shape index (κ3) is 2.72. The zero-order valence-electron chi connectivity index (χ0n) is 9.81. The van der Waals surface area contributed by atoms with E-state index in [2.05, 4.69) is 28.8 Å². The molecule has 88 valence electrons. The van der Waals surface area contributed by atoms with Crippen molar-refractivity contribution in [1.29, 1.82) is 0 Å². The number of amides is 1. The van der Waals surface area contributed by atoms with Crippen LogP contribution in [0, 0.1) is 0 Å². The highest BCUT2D eigenvalue weighted by Gasteiger charge is 2.08. The first-order chi connectivity index (χ1) is 8.16. The number of carbonyl (C=O) groups is 1. The number of rotatable bonds is 3. The van der Waals surface area contributed by atoms with E-state index in [0.29, 0.717) is 11.5 Å². The molecular weight excluding hydrogens is 216 g/mol. The molecule has 0 radical (unpaired) electrons. The maximum absolute atomic E-state index is 11.7. The van der Waals surface area contributed by atoms with Gasteiger partial charge in [0.15, 0.2) is 0 Å². The number of nitrogens with one attached hydrogen (secondary N) is 1. The number of benzene rings is 1. The summed E-state index contributed by atoms with van der Waals surface area (Å²) in [5, 5.41) is 6.26. The number of hydrogen-bond acceptors (Lipinski definition) is 3. The average molecular weight is 230 g/mol. The molecule has 1 heterocycles. The highest BCUT2D eigenvalue weighted by atomic mass is 16.5. The second kappa shape index (κ2) is 4.82. The number of hydrogen-bond donors (Lipinski definition) is 1. The molecule has 0 aliphatic heterocycles. The van der Waals surface area contributed by atoms with Crippen molar-refractivity contribution in [3.63, 3.8) is 0 Å². The monoisotopic (exact) mass is 230 g/mol. The summed E-state index contributed by atoms with van der Waals surface area (Å²) in [4.78, 5) is 11.7. The summed E-state index contributed by atoms with van der Waals surface area (Å²) in [7, 11) is 0. The first-order valence-electron chi connectivity index (χ1n) is 5.47. The largest absolute Gasteiger partial charge is 0.364 e. The molecule has 1 amide bonds. The summed E-state index contributed by atoms with van der Waals surface area (Å²) in [5.41, 5.74) is 2.42. The summed E-state index contributed by atoms with van der Waals surface area (Å²) in [5.74, 6) is 0.265. The standard InChI is InChI=1S/C13H14N2O2/c1-9(2)10-3-5-12(6-4-10)15-13(16)11-7-14-17-8-11/h3-9H,1-2H3,(H,15,16). The Morgan fingerprint density at radius 1 is 1.29 bits per heavy atom. The van der Waals surface area contributed by atoms with Crippen molar-refractivity contribution in [3.05, 3.63) is 47.9 Å². The number of nitrogens with zero attached hydrogens (tertiary/aromatic N) is 1. The number of anilines is 1. The number of carbonyl (C=O) groups excluding carboxylic acids is 1. The zero-order chi connectivity index (χ0) is 12.3. The Morgan fingerprint density at radius 2 is 2.00 bits per heavy atom. The van der Waals surface area contributed by atoms with Crippen molar-refractivity contribution >= 4 is 11.6 Å². The Balaban J connectivity index is 2.07. The predicted octanol–water partition coefficient (Wildman–Crippen LogP) is 3.05. The summed E-state index contributed by atoms with van der Waals surface area (Å²) < 4.78 is 4.61. The second-order valence-corrected chi connectivity index (χ2v) is 4.14. The normalized spacial score (nSPS) is 10.5. The lowest BCUT2D eigenvalue weighted by Crippen LogP contribution is -2.10. The average Bonchev–Trinajstić information content (AvgIpc) is 2.83. The van der Waals surface area contributed by atoms with Crippen LogP contribution in [0.15, 0.2) is 41.2 Å². The van der Waals surface area contributed by atoms with E-state index < -0.39 is 0 Å². The highest BCUT2D eigenvalue weighted by molar-refractivity contribution is 6.03. The van der Waals surface area contributed by atoms with Gasteiger partial charge in [-0.25, -0.2) is 0 Å². The Hall–Kier alpha value is -2.10. The maximum atomic E-state index is 11.7. The predicted molar refractivity (Wildman–Crippen MR) is 65.0 cm³/mol. The summed E-state index contributed by atoms with van der Waals surface area (Å²) in [6.07, 6.45) is 2.70. The lowest BCUT2D eigenvalue weighted by atomic mass is 10.0. The van der Waals surface area contributed by atoms with Gasteiger partial charge in [-0.15, -0.1) is 0 Å². The smallest absolute Gasteiger partial charge is 0.260 e. The van der Waals surface area contributed by atoms with Crippen molar-refractivity contribution in [2.75, 3.05) is 5.32 Å². The zero-order valence-corrected chi connectivity index (χ0v) is 9.81. The van der Waals surface area contributed by atoms with Crippen LogP contribution in [0.25, 0.3) is 0 Å². The topological polar surface area (TPSA) is 55.1 Å². The fraction of sp³-hybridized carbons (Fsp3) is 0.231. The molecule has 0 aliphatic rings. The van der Waals surface area contributed by atoms with Crippen LogP contribution < -0.4 is 5.32 Å². The molecule has 1 aromatic heterocycles. The lowest BCUT2D eigenvalue weighted by Gasteiger charge is -2.07. The fourth-order valence-corrected chi connectivity index (χ4v) is 1.47. The molecule has 0 atom stereocenters. The van der Waals surface area contributed by atoms with Crippen molar-refractivity contribution in [1.82, 2.24) is 5.16 Å². The van der Waals surface area contributed by atoms with E-state index >= 15 is 0 Å². The van der Waals surface area contributed by atoms with Gasteiger partial charge in [0.2, 0.25) is 0 Å². The van der Waals surface area contributed by atoms with Gasteiger partial charge in [0, 0.05) is 5.69 Å².